The van der Waals surface area contributed by atoms with Crippen molar-refractivity contribution in [3.63, 3.8) is 0 Å². The fourth-order valence-electron chi connectivity index (χ4n) is 3.49. The van der Waals surface area contributed by atoms with Gasteiger partial charge in [-0.3, -0.25) is 4.90 Å². The van der Waals surface area contributed by atoms with E-state index < -0.39 is 29.7 Å². The Morgan fingerprint density at radius 1 is 1.24 bits per heavy atom. The minimum Gasteiger partial charge on any atom is -0.444 e. The van der Waals surface area contributed by atoms with E-state index in [9.17, 15) is 14.0 Å². The quantitative estimate of drug-likeness (QED) is 0.590. The van der Waals surface area contributed by atoms with Gasteiger partial charge < -0.3 is 14.8 Å². The highest BCUT2D eigenvalue weighted by atomic mass is 19.1. The molecule has 1 fully saturated rings. The van der Waals surface area contributed by atoms with Gasteiger partial charge >= 0.3 is 12.2 Å². The highest BCUT2D eigenvalue weighted by molar-refractivity contribution is 5.90. The third kappa shape index (κ3) is 5.66. The minimum atomic E-state index is -0.628. The third-order valence-electron chi connectivity index (χ3n) is 5.01. The maximum absolute atomic E-state index is 14.9. The highest BCUT2D eigenvalue weighted by Gasteiger charge is 2.33. The van der Waals surface area contributed by atoms with Crippen LogP contribution in [0, 0.1) is 5.82 Å². The number of hydrogen-bond acceptors (Lipinski definition) is 7. The van der Waals surface area contributed by atoms with E-state index in [2.05, 4.69) is 20.8 Å². The van der Waals surface area contributed by atoms with Gasteiger partial charge in [-0.1, -0.05) is 24.3 Å². The average molecular weight is 468 g/mol. The second-order valence-electron chi connectivity index (χ2n) is 8.87. The van der Waals surface area contributed by atoms with Crippen LogP contribution in [0.15, 0.2) is 48.8 Å². The zero-order valence-electron chi connectivity index (χ0n) is 19.1. The molecule has 0 radical (unpaired) electrons. The van der Waals surface area contributed by atoms with E-state index in [1.54, 1.807) is 37.6 Å². The van der Waals surface area contributed by atoms with Crippen LogP contribution in [0.4, 0.5) is 19.7 Å². The number of tetrazole rings is 1. The molecule has 0 spiro atoms. The molecular formula is C23H25FN6O4. The number of rotatable bonds is 6. The molecule has 0 aliphatic carbocycles. The van der Waals surface area contributed by atoms with Crippen molar-refractivity contribution >= 4 is 17.9 Å². The van der Waals surface area contributed by atoms with Crippen molar-refractivity contribution in [3.8, 4) is 11.1 Å². The molecule has 1 aromatic heterocycles. The van der Waals surface area contributed by atoms with Crippen molar-refractivity contribution in [3.05, 3.63) is 60.2 Å². The maximum Gasteiger partial charge on any atom is 0.414 e. The molecule has 2 amide bonds. The van der Waals surface area contributed by atoms with Crippen LogP contribution in [-0.4, -0.2) is 57.2 Å². The monoisotopic (exact) mass is 468 g/mol. The van der Waals surface area contributed by atoms with E-state index in [1.165, 1.54) is 17.3 Å². The van der Waals surface area contributed by atoms with Gasteiger partial charge in [-0.05, 0) is 60.5 Å². The van der Waals surface area contributed by atoms with Gasteiger partial charge in [0.1, 0.15) is 23.8 Å². The number of alkyl carbamates (subject to hydrolysis) is 1. The van der Waals surface area contributed by atoms with Crippen molar-refractivity contribution in [1.29, 1.82) is 0 Å². The average Bonchev–Trinajstić information content (AvgIpc) is 3.41. The number of benzene rings is 2. The Balaban J connectivity index is 1.39. The predicted molar refractivity (Wildman–Crippen MR) is 121 cm³/mol. The van der Waals surface area contributed by atoms with Gasteiger partial charge in [0.15, 0.2) is 0 Å². The van der Waals surface area contributed by atoms with Crippen molar-refractivity contribution < 1.29 is 23.5 Å². The summed E-state index contributed by atoms with van der Waals surface area (Å²) in [5.41, 5.74) is 1.83. The standard InChI is InChI=1S/C23H25FN6O4/c1-23(2,3)34-21(31)25-11-18-13-30(22(32)33-18)17-8-9-19(20(24)10-17)16-6-4-15(5-7-16)12-29-14-26-27-28-29/h4-10,14,18H,11-13H2,1-3H3,(H,25,31)/t18-/m0/s1. The Hall–Kier alpha value is -4.02. The lowest BCUT2D eigenvalue weighted by atomic mass is 10.0. The minimum absolute atomic E-state index is 0.0920. The summed E-state index contributed by atoms with van der Waals surface area (Å²) < 4.78 is 27.0. The van der Waals surface area contributed by atoms with Crippen LogP contribution >= 0.6 is 0 Å². The number of anilines is 1. The molecule has 2 aromatic carbocycles. The lowest BCUT2D eigenvalue weighted by Gasteiger charge is -2.20. The molecule has 0 bridgehead atoms. The van der Waals surface area contributed by atoms with Gasteiger partial charge in [0, 0.05) is 5.56 Å². The molecule has 11 heteroatoms. The maximum atomic E-state index is 14.9. The second kappa shape index (κ2) is 9.46. The van der Waals surface area contributed by atoms with E-state index in [0.29, 0.717) is 23.4 Å². The van der Waals surface area contributed by atoms with Gasteiger partial charge in [0.05, 0.1) is 25.3 Å². The molecule has 0 saturated carbocycles. The molecule has 2 heterocycles. The van der Waals surface area contributed by atoms with Gasteiger partial charge in [-0.2, -0.15) is 0 Å². The van der Waals surface area contributed by atoms with Crippen LogP contribution in [0.5, 0.6) is 0 Å². The first-order valence-corrected chi connectivity index (χ1v) is 10.7. The van der Waals surface area contributed by atoms with E-state index in [1.807, 2.05) is 24.3 Å². The Morgan fingerprint density at radius 2 is 2.00 bits per heavy atom. The molecule has 178 valence electrons. The van der Waals surface area contributed by atoms with Crippen molar-refractivity contribution in [2.45, 2.75) is 39.0 Å². The van der Waals surface area contributed by atoms with Crippen molar-refractivity contribution in [2.75, 3.05) is 18.0 Å². The summed E-state index contributed by atoms with van der Waals surface area (Å²) in [5, 5.41) is 13.6. The Bertz CT molecular complexity index is 1160. The summed E-state index contributed by atoms with van der Waals surface area (Å²) >= 11 is 0. The van der Waals surface area contributed by atoms with E-state index >= 15 is 0 Å². The van der Waals surface area contributed by atoms with Gasteiger partial charge in [-0.15, -0.1) is 5.10 Å². The molecule has 1 N–H and O–H groups in total. The number of halogens is 1. The largest absolute Gasteiger partial charge is 0.444 e. The first-order chi connectivity index (χ1) is 16.2. The number of amides is 2. The van der Waals surface area contributed by atoms with Gasteiger partial charge in [-0.25, -0.2) is 18.7 Å². The molecule has 1 atom stereocenters. The number of hydrogen-bond donors (Lipinski definition) is 1. The van der Waals surface area contributed by atoms with Crippen LogP contribution in [0.25, 0.3) is 11.1 Å². The summed E-state index contributed by atoms with van der Waals surface area (Å²) in [4.78, 5) is 25.5. The topological polar surface area (TPSA) is 111 Å². The number of carbonyl (C=O) groups excluding carboxylic acids is 2. The zero-order chi connectivity index (χ0) is 24.3. The smallest absolute Gasteiger partial charge is 0.414 e. The van der Waals surface area contributed by atoms with Crippen molar-refractivity contribution in [2.24, 2.45) is 0 Å². The SMILES string of the molecule is CC(C)(C)OC(=O)NC[C@H]1CN(c2ccc(-c3ccc(Cn4cnnn4)cc3)c(F)c2)C(=O)O1. The fraction of sp³-hybridized carbons (Fsp3) is 0.348. The first-order valence-electron chi connectivity index (χ1n) is 10.7. The van der Waals surface area contributed by atoms with E-state index in [-0.39, 0.29) is 13.1 Å². The fourth-order valence-corrected chi connectivity index (χ4v) is 3.49. The van der Waals surface area contributed by atoms with Crippen LogP contribution in [0.3, 0.4) is 0 Å². The Kier molecular flexibility index (Phi) is 6.44. The third-order valence-corrected chi connectivity index (χ3v) is 5.01. The number of ether oxygens (including phenoxy) is 2. The van der Waals surface area contributed by atoms with Gasteiger partial charge in [0.25, 0.3) is 0 Å². The normalized spacial score (nSPS) is 15.8. The lowest BCUT2D eigenvalue weighted by Crippen LogP contribution is -2.38. The summed E-state index contributed by atoms with van der Waals surface area (Å²) in [6, 6.07) is 12.0. The second-order valence-corrected chi connectivity index (χ2v) is 8.87. The molecule has 0 unspecified atom stereocenters. The molecule has 3 aromatic rings. The molecular weight excluding hydrogens is 443 g/mol. The molecule has 1 saturated heterocycles. The summed E-state index contributed by atoms with van der Waals surface area (Å²) in [7, 11) is 0. The number of carbonyl (C=O) groups is 2. The molecule has 34 heavy (non-hydrogen) atoms. The molecule has 1 aliphatic heterocycles. The van der Waals surface area contributed by atoms with E-state index in [4.69, 9.17) is 9.47 Å². The summed E-state index contributed by atoms with van der Waals surface area (Å²) in [5.74, 6) is -0.464. The molecule has 4 rings (SSSR count). The summed E-state index contributed by atoms with van der Waals surface area (Å²) in [6.45, 7) is 6.05. The molecule has 1 aliphatic rings. The lowest BCUT2D eigenvalue weighted by molar-refractivity contribution is 0.0496. The van der Waals surface area contributed by atoms with Crippen LogP contribution in [0.2, 0.25) is 0 Å². The van der Waals surface area contributed by atoms with Crippen LogP contribution in [-0.2, 0) is 16.0 Å². The number of nitrogens with zero attached hydrogens (tertiary/aromatic N) is 5. The zero-order valence-corrected chi connectivity index (χ0v) is 19.1. The first kappa shape index (κ1) is 23.1. The van der Waals surface area contributed by atoms with Crippen molar-refractivity contribution in [1.82, 2.24) is 25.5 Å². The summed E-state index contributed by atoms with van der Waals surface area (Å²) in [6.07, 6.45) is -0.250. The predicted octanol–water partition coefficient (Wildman–Crippen LogP) is 3.38. The Morgan fingerprint density at radius 3 is 2.65 bits per heavy atom. The molecule has 10 nitrogen and oxygen atoms in total. The number of nitrogens with one attached hydrogen (secondary N) is 1. The van der Waals surface area contributed by atoms with Crippen LogP contribution in [0.1, 0.15) is 26.3 Å². The highest BCUT2D eigenvalue weighted by Crippen LogP contribution is 2.29. The van der Waals surface area contributed by atoms with E-state index in [0.717, 1.165) is 5.56 Å². The Labute approximate surface area is 195 Å². The van der Waals surface area contributed by atoms with Gasteiger partial charge in [0.2, 0.25) is 0 Å². The number of aromatic nitrogens is 4. The number of cyclic esters (lactones) is 1. The van der Waals surface area contributed by atoms with Crippen LogP contribution < -0.4 is 10.2 Å².